The smallest absolute Gasteiger partial charge is 0.123 e. The third kappa shape index (κ3) is 3.10. The van der Waals surface area contributed by atoms with Gasteiger partial charge in [-0.15, -0.1) is 0 Å². The third-order valence-corrected chi connectivity index (χ3v) is 4.32. The summed E-state index contributed by atoms with van der Waals surface area (Å²) < 4.78 is 13.0. The molecule has 1 N–H and O–H groups in total. The lowest BCUT2D eigenvalue weighted by Crippen LogP contribution is -2.25. The Balaban J connectivity index is 1.76. The number of fused-ring (bicyclic) bond motifs is 1. The molecule has 2 aromatic rings. The Morgan fingerprint density at radius 3 is 2.62 bits per heavy atom. The van der Waals surface area contributed by atoms with Gasteiger partial charge >= 0.3 is 0 Å². The fraction of sp³-hybridized carbons (Fsp3) is 0.368. The van der Waals surface area contributed by atoms with Gasteiger partial charge in [-0.3, -0.25) is 0 Å². The lowest BCUT2D eigenvalue weighted by molar-refractivity contribution is 0.533. The summed E-state index contributed by atoms with van der Waals surface area (Å²) in [4.78, 5) is 0. The quantitative estimate of drug-likeness (QED) is 0.855. The molecule has 0 saturated carbocycles. The predicted molar refractivity (Wildman–Crippen MR) is 86.3 cm³/mol. The van der Waals surface area contributed by atoms with Gasteiger partial charge in [0.05, 0.1) is 0 Å². The van der Waals surface area contributed by atoms with Crippen LogP contribution >= 0.6 is 0 Å². The van der Waals surface area contributed by atoms with Gasteiger partial charge in [-0.25, -0.2) is 4.39 Å². The first-order valence-electron chi connectivity index (χ1n) is 7.73. The summed E-state index contributed by atoms with van der Waals surface area (Å²) in [6.45, 7) is 5.47. The molecule has 1 atom stereocenters. The summed E-state index contributed by atoms with van der Waals surface area (Å²) in [5, 5.41) is 3.62. The van der Waals surface area contributed by atoms with Crippen LogP contribution in [0.1, 0.15) is 36.5 Å². The van der Waals surface area contributed by atoms with E-state index in [-0.39, 0.29) is 5.82 Å². The zero-order valence-corrected chi connectivity index (χ0v) is 12.7. The Kier molecular flexibility index (Phi) is 3.96. The van der Waals surface area contributed by atoms with Crippen LogP contribution in [0, 0.1) is 11.7 Å². The highest BCUT2D eigenvalue weighted by atomic mass is 19.1. The van der Waals surface area contributed by atoms with E-state index in [1.807, 2.05) is 12.1 Å². The first-order valence-corrected chi connectivity index (χ1v) is 7.73. The molecule has 0 fully saturated rings. The molecule has 21 heavy (non-hydrogen) atoms. The molecular weight excluding hydrogens is 261 g/mol. The summed E-state index contributed by atoms with van der Waals surface area (Å²) in [6, 6.07) is 13.5. The molecule has 0 saturated heterocycles. The monoisotopic (exact) mass is 283 g/mol. The Labute approximate surface area is 126 Å². The number of anilines is 1. The molecule has 0 spiro atoms. The molecular formula is C19H22FN. The number of para-hydroxylation sites is 1. The molecule has 1 aliphatic rings. The second kappa shape index (κ2) is 5.88. The van der Waals surface area contributed by atoms with Crippen molar-refractivity contribution in [3.8, 4) is 0 Å². The largest absolute Gasteiger partial charge is 0.384 e. The van der Waals surface area contributed by atoms with E-state index < -0.39 is 0 Å². The first kappa shape index (κ1) is 14.1. The van der Waals surface area contributed by atoms with Gasteiger partial charge in [-0.2, -0.15) is 0 Å². The van der Waals surface area contributed by atoms with Gasteiger partial charge in [-0.05, 0) is 53.5 Å². The van der Waals surface area contributed by atoms with E-state index in [4.69, 9.17) is 0 Å². The number of hydrogen-bond acceptors (Lipinski definition) is 1. The maximum Gasteiger partial charge on any atom is 0.123 e. The van der Waals surface area contributed by atoms with E-state index in [1.165, 1.54) is 22.4 Å². The highest BCUT2D eigenvalue weighted by molar-refractivity contribution is 5.60. The van der Waals surface area contributed by atoms with E-state index >= 15 is 0 Å². The molecule has 2 aromatic carbocycles. The summed E-state index contributed by atoms with van der Waals surface area (Å²) in [7, 11) is 0. The average molecular weight is 283 g/mol. The number of benzene rings is 2. The SMILES string of the molecule is CC(C)c1cccc2c1NCC(Cc1ccc(F)cc1)C2. The fourth-order valence-corrected chi connectivity index (χ4v) is 3.21. The van der Waals surface area contributed by atoms with Crippen molar-refractivity contribution in [3.63, 3.8) is 0 Å². The number of halogens is 1. The molecule has 0 amide bonds. The Bertz CT molecular complexity index is 616. The Morgan fingerprint density at radius 1 is 1.14 bits per heavy atom. The van der Waals surface area contributed by atoms with Gasteiger partial charge in [0.15, 0.2) is 0 Å². The van der Waals surface area contributed by atoms with E-state index in [9.17, 15) is 4.39 Å². The van der Waals surface area contributed by atoms with Crippen LogP contribution in [0.15, 0.2) is 42.5 Å². The molecule has 1 aliphatic heterocycles. The summed E-state index contributed by atoms with van der Waals surface area (Å²) in [5.41, 5.74) is 5.38. The van der Waals surface area contributed by atoms with E-state index in [0.717, 1.165) is 19.4 Å². The molecule has 0 aliphatic carbocycles. The molecule has 1 nitrogen and oxygen atoms in total. The van der Waals surface area contributed by atoms with Gasteiger partial charge in [0, 0.05) is 12.2 Å². The molecule has 1 heterocycles. The molecule has 0 radical (unpaired) electrons. The van der Waals surface area contributed by atoms with Crippen molar-refractivity contribution in [1.82, 2.24) is 0 Å². The Morgan fingerprint density at radius 2 is 1.90 bits per heavy atom. The maximum absolute atomic E-state index is 13.0. The number of rotatable bonds is 3. The normalized spacial score (nSPS) is 17.4. The van der Waals surface area contributed by atoms with E-state index in [0.29, 0.717) is 11.8 Å². The van der Waals surface area contributed by atoms with Crippen molar-refractivity contribution in [1.29, 1.82) is 0 Å². The van der Waals surface area contributed by atoms with Gasteiger partial charge in [0.2, 0.25) is 0 Å². The fourth-order valence-electron chi connectivity index (χ4n) is 3.21. The Hall–Kier alpha value is -1.83. The van der Waals surface area contributed by atoms with Crippen LogP contribution in [0.25, 0.3) is 0 Å². The van der Waals surface area contributed by atoms with Crippen LogP contribution in [0.5, 0.6) is 0 Å². The van der Waals surface area contributed by atoms with Crippen LogP contribution in [-0.4, -0.2) is 6.54 Å². The van der Waals surface area contributed by atoms with Crippen molar-refractivity contribution in [3.05, 3.63) is 65.0 Å². The van der Waals surface area contributed by atoms with Crippen molar-refractivity contribution in [2.24, 2.45) is 5.92 Å². The van der Waals surface area contributed by atoms with Crippen LogP contribution in [-0.2, 0) is 12.8 Å². The first-order chi connectivity index (χ1) is 10.1. The lowest BCUT2D eigenvalue weighted by atomic mass is 9.86. The second-order valence-electron chi connectivity index (χ2n) is 6.32. The second-order valence-corrected chi connectivity index (χ2v) is 6.32. The van der Waals surface area contributed by atoms with Gasteiger partial charge in [0.1, 0.15) is 5.82 Å². The summed E-state index contributed by atoms with van der Waals surface area (Å²) >= 11 is 0. The van der Waals surface area contributed by atoms with Crippen LogP contribution in [0.2, 0.25) is 0 Å². The van der Waals surface area contributed by atoms with E-state index in [2.05, 4.69) is 37.4 Å². The molecule has 3 rings (SSSR count). The molecule has 2 heteroatoms. The van der Waals surface area contributed by atoms with Crippen LogP contribution in [0.3, 0.4) is 0 Å². The van der Waals surface area contributed by atoms with Gasteiger partial charge in [0.25, 0.3) is 0 Å². The summed E-state index contributed by atoms with van der Waals surface area (Å²) in [5.74, 6) is 0.957. The standard InChI is InChI=1S/C19H22FN/c1-13(2)18-5-3-4-16-11-15(12-21-19(16)18)10-14-6-8-17(20)9-7-14/h3-9,13,15,21H,10-12H2,1-2H3. The van der Waals surface area contributed by atoms with Gasteiger partial charge in [-0.1, -0.05) is 44.2 Å². The molecule has 110 valence electrons. The zero-order valence-electron chi connectivity index (χ0n) is 12.7. The van der Waals surface area contributed by atoms with Gasteiger partial charge < -0.3 is 5.32 Å². The summed E-state index contributed by atoms with van der Waals surface area (Å²) in [6.07, 6.45) is 2.10. The molecule has 0 bridgehead atoms. The highest BCUT2D eigenvalue weighted by Gasteiger charge is 2.21. The molecule has 0 aromatic heterocycles. The van der Waals surface area contributed by atoms with E-state index in [1.54, 1.807) is 12.1 Å². The van der Waals surface area contributed by atoms with Crippen molar-refractivity contribution < 1.29 is 4.39 Å². The van der Waals surface area contributed by atoms with Crippen molar-refractivity contribution in [2.45, 2.75) is 32.6 Å². The minimum Gasteiger partial charge on any atom is -0.384 e. The lowest BCUT2D eigenvalue weighted by Gasteiger charge is -2.29. The highest BCUT2D eigenvalue weighted by Crippen LogP contribution is 2.33. The van der Waals surface area contributed by atoms with Crippen LogP contribution < -0.4 is 5.32 Å². The minimum atomic E-state index is -0.160. The van der Waals surface area contributed by atoms with Crippen molar-refractivity contribution in [2.75, 3.05) is 11.9 Å². The number of hydrogen-bond donors (Lipinski definition) is 1. The molecule has 1 unspecified atom stereocenters. The number of nitrogens with one attached hydrogen (secondary N) is 1. The predicted octanol–water partition coefficient (Wildman–Crippen LogP) is 4.78. The van der Waals surface area contributed by atoms with Crippen LogP contribution in [0.4, 0.5) is 10.1 Å². The minimum absolute atomic E-state index is 0.160. The zero-order chi connectivity index (χ0) is 14.8. The average Bonchev–Trinajstić information content (AvgIpc) is 2.48. The topological polar surface area (TPSA) is 12.0 Å². The van der Waals surface area contributed by atoms with Crippen molar-refractivity contribution >= 4 is 5.69 Å². The third-order valence-electron chi connectivity index (χ3n) is 4.32. The maximum atomic E-state index is 13.0.